The van der Waals surface area contributed by atoms with Crippen LogP contribution < -0.4 is 15.8 Å². The van der Waals surface area contributed by atoms with Gasteiger partial charge < -0.3 is 20.7 Å². The number of carbonyl (C=O) groups excluding carboxylic acids is 1. The Kier molecular flexibility index (Phi) is 6.36. The fraction of sp³-hybridized carbons (Fsp3) is 0.385. The molecule has 0 spiro atoms. The van der Waals surface area contributed by atoms with Gasteiger partial charge in [0.05, 0.1) is 12.6 Å². The highest BCUT2D eigenvalue weighted by molar-refractivity contribution is 5.93. The van der Waals surface area contributed by atoms with Crippen LogP contribution in [0.5, 0.6) is 5.75 Å². The maximum atomic E-state index is 13.3. The summed E-state index contributed by atoms with van der Waals surface area (Å²) in [5.74, 6) is 1.32. The Hall–Kier alpha value is -3.56. The van der Waals surface area contributed by atoms with Crippen LogP contribution in [0, 0.1) is 0 Å². The van der Waals surface area contributed by atoms with E-state index in [-0.39, 0.29) is 5.91 Å². The highest BCUT2D eigenvalue weighted by Gasteiger charge is 2.36. The van der Waals surface area contributed by atoms with E-state index in [0.717, 1.165) is 36.3 Å². The Morgan fingerprint density at radius 2 is 1.83 bits per heavy atom. The second-order valence-corrected chi connectivity index (χ2v) is 9.21. The van der Waals surface area contributed by atoms with Crippen molar-refractivity contribution < 1.29 is 9.53 Å². The van der Waals surface area contributed by atoms with Crippen molar-refractivity contribution in [2.45, 2.75) is 31.7 Å². The first-order valence-corrected chi connectivity index (χ1v) is 12.1. The van der Waals surface area contributed by atoms with E-state index in [0.29, 0.717) is 29.4 Å². The summed E-state index contributed by atoms with van der Waals surface area (Å²) in [6.07, 6.45) is 3.71. The van der Waals surface area contributed by atoms with Crippen LogP contribution in [0.15, 0.2) is 48.5 Å². The fourth-order valence-corrected chi connectivity index (χ4v) is 4.55. The molecule has 1 fully saturated rings. The summed E-state index contributed by atoms with van der Waals surface area (Å²) in [5.41, 5.74) is 7.39. The number of fused-ring (bicyclic) bond motifs is 3. The van der Waals surface area contributed by atoms with Gasteiger partial charge in [-0.05, 0) is 69.3 Å². The van der Waals surface area contributed by atoms with Crippen LogP contribution in [-0.2, 0) is 10.3 Å². The van der Waals surface area contributed by atoms with Crippen molar-refractivity contribution in [1.29, 1.82) is 0 Å². The lowest BCUT2D eigenvalue weighted by Crippen LogP contribution is -2.52. The molecule has 1 atom stereocenters. The van der Waals surface area contributed by atoms with Gasteiger partial charge in [-0.1, -0.05) is 18.6 Å². The summed E-state index contributed by atoms with van der Waals surface area (Å²) < 4.78 is 6.87. The van der Waals surface area contributed by atoms with Gasteiger partial charge in [-0.15, -0.1) is 5.10 Å². The molecule has 35 heavy (non-hydrogen) atoms. The molecule has 0 unspecified atom stereocenters. The van der Waals surface area contributed by atoms with E-state index in [2.05, 4.69) is 10.2 Å². The van der Waals surface area contributed by atoms with E-state index in [1.165, 1.54) is 19.3 Å². The van der Waals surface area contributed by atoms with E-state index in [1.54, 1.807) is 18.5 Å². The number of ether oxygens (including phenoxy) is 1. The largest absolute Gasteiger partial charge is 0.497 e. The standard InChI is InChI=1S/C26H31N7O2/c1-26(27,25(34)28-14-17-32-15-6-3-7-16-32)24-29-21-9-5-4-8-20(21)23-30-22(31-33(23)24)18-10-12-19(35-2)13-11-18/h4-5,8-13H,3,6-7,14-17,27H2,1-2H3,(H,28,34)/t26-/m0/s1. The lowest BCUT2D eigenvalue weighted by Gasteiger charge is -2.28. The first kappa shape index (κ1) is 23.2. The molecular formula is C26H31N7O2. The molecule has 1 aliphatic heterocycles. The Balaban J connectivity index is 1.49. The van der Waals surface area contributed by atoms with Crippen molar-refractivity contribution in [3.63, 3.8) is 0 Å². The summed E-state index contributed by atoms with van der Waals surface area (Å²) >= 11 is 0. The Morgan fingerprint density at radius 1 is 1.09 bits per heavy atom. The smallest absolute Gasteiger partial charge is 0.247 e. The molecule has 182 valence electrons. The average Bonchev–Trinajstić information content (AvgIpc) is 3.34. The lowest BCUT2D eigenvalue weighted by molar-refractivity contribution is -0.126. The predicted molar refractivity (Wildman–Crippen MR) is 135 cm³/mol. The monoisotopic (exact) mass is 473 g/mol. The van der Waals surface area contributed by atoms with Gasteiger partial charge in [0.1, 0.15) is 5.75 Å². The number of hydrogen-bond donors (Lipinski definition) is 2. The van der Waals surface area contributed by atoms with E-state index >= 15 is 0 Å². The average molecular weight is 474 g/mol. The van der Waals surface area contributed by atoms with Crippen LogP contribution in [0.25, 0.3) is 27.9 Å². The highest BCUT2D eigenvalue weighted by Crippen LogP contribution is 2.27. The van der Waals surface area contributed by atoms with Crippen molar-refractivity contribution >= 4 is 22.5 Å². The molecule has 2 aromatic carbocycles. The molecule has 9 heteroatoms. The van der Waals surface area contributed by atoms with E-state index in [4.69, 9.17) is 25.5 Å². The summed E-state index contributed by atoms with van der Waals surface area (Å²) in [7, 11) is 1.63. The van der Waals surface area contributed by atoms with Gasteiger partial charge in [0, 0.05) is 24.0 Å². The zero-order valence-electron chi connectivity index (χ0n) is 20.2. The molecular weight excluding hydrogens is 442 g/mol. The Morgan fingerprint density at radius 3 is 2.57 bits per heavy atom. The summed E-state index contributed by atoms with van der Waals surface area (Å²) in [6.45, 7) is 5.18. The third kappa shape index (κ3) is 4.56. The number of para-hydroxylation sites is 1. The summed E-state index contributed by atoms with van der Waals surface area (Å²) in [6, 6.07) is 15.2. The van der Waals surface area contributed by atoms with Crippen molar-refractivity contribution in [2.24, 2.45) is 5.73 Å². The van der Waals surface area contributed by atoms with E-state index < -0.39 is 5.54 Å². The van der Waals surface area contributed by atoms with Gasteiger partial charge in [-0.25, -0.2) is 9.97 Å². The predicted octanol–water partition coefficient (Wildman–Crippen LogP) is 2.73. The summed E-state index contributed by atoms with van der Waals surface area (Å²) in [4.78, 5) is 25.2. The summed E-state index contributed by atoms with van der Waals surface area (Å²) in [5, 5.41) is 8.57. The number of carbonyl (C=O) groups is 1. The first-order chi connectivity index (χ1) is 17.0. The number of nitrogens with two attached hydrogens (primary N) is 1. The van der Waals surface area contributed by atoms with Gasteiger partial charge in [0.2, 0.25) is 5.91 Å². The van der Waals surface area contributed by atoms with Gasteiger partial charge >= 0.3 is 0 Å². The number of nitrogens with zero attached hydrogens (tertiary/aromatic N) is 5. The fourth-order valence-electron chi connectivity index (χ4n) is 4.55. The maximum Gasteiger partial charge on any atom is 0.247 e. The molecule has 3 N–H and O–H groups in total. The van der Waals surface area contributed by atoms with Crippen molar-refractivity contribution in [2.75, 3.05) is 33.3 Å². The van der Waals surface area contributed by atoms with Gasteiger partial charge in [0.25, 0.3) is 0 Å². The van der Waals surface area contributed by atoms with Gasteiger partial charge in [0.15, 0.2) is 22.8 Å². The molecule has 0 saturated carbocycles. The lowest BCUT2D eigenvalue weighted by atomic mass is 10.0. The zero-order chi connectivity index (χ0) is 24.4. The van der Waals surface area contributed by atoms with Crippen LogP contribution in [-0.4, -0.2) is 63.7 Å². The minimum atomic E-state index is -1.41. The quantitative estimate of drug-likeness (QED) is 0.425. The molecule has 0 radical (unpaired) electrons. The molecule has 5 rings (SSSR count). The topological polar surface area (TPSA) is 111 Å². The van der Waals surface area contributed by atoms with Gasteiger partial charge in [-0.3, -0.25) is 4.79 Å². The van der Waals surface area contributed by atoms with Crippen molar-refractivity contribution in [3.8, 4) is 17.1 Å². The van der Waals surface area contributed by atoms with Crippen LogP contribution in [0.2, 0.25) is 0 Å². The number of piperidine rings is 1. The number of amides is 1. The Bertz CT molecular complexity index is 1340. The molecule has 0 aliphatic carbocycles. The van der Waals surface area contributed by atoms with Crippen molar-refractivity contribution in [3.05, 3.63) is 54.4 Å². The number of likely N-dealkylation sites (tertiary alicyclic amines) is 1. The highest BCUT2D eigenvalue weighted by atomic mass is 16.5. The molecule has 9 nitrogen and oxygen atoms in total. The number of methoxy groups -OCH3 is 1. The minimum Gasteiger partial charge on any atom is -0.497 e. The van der Waals surface area contributed by atoms with Crippen LogP contribution in [0.3, 0.4) is 0 Å². The normalized spacial score (nSPS) is 16.3. The Labute approximate surface area is 204 Å². The molecule has 1 saturated heterocycles. The number of hydrogen-bond acceptors (Lipinski definition) is 7. The van der Waals surface area contributed by atoms with Crippen LogP contribution in [0.1, 0.15) is 32.0 Å². The molecule has 1 amide bonds. The third-order valence-electron chi connectivity index (χ3n) is 6.63. The van der Waals surface area contributed by atoms with Crippen LogP contribution >= 0.6 is 0 Å². The molecule has 4 aromatic rings. The minimum absolute atomic E-state index is 0.292. The first-order valence-electron chi connectivity index (χ1n) is 12.1. The molecule has 3 heterocycles. The zero-order valence-corrected chi connectivity index (χ0v) is 20.2. The maximum absolute atomic E-state index is 13.3. The molecule has 2 aromatic heterocycles. The number of nitrogens with one attached hydrogen (secondary N) is 1. The second-order valence-electron chi connectivity index (χ2n) is 9.21. The second kappa shape index (κ2) is 9.59. The van der Waals surface area contributed by atoms with E-state index in [9.17, 15) is 4.79 Å². The van der Waals surface area contributed by atoms with Crippen LogP contribution in [0.4, 0.5) is 0 Å². The number of aromatic nitrogens is 4. The number of rotatable bonds is 7. The SMILES string of the molecule is COc1ccc(-c2nc3c4ccccc4nc([C@](C)(N)C(=O)NCCN4CCCCC4)n3n2)cc1. The van der Waals surface area contributed by atoms with E-state index in [1.807, 2.05) is 48.5 Å². The van der Waals surface area contributed by atoms with Gasteiger partial charge in [-0.2, -0.15) is 4.52 Å². The third-order valence-corrected chi connectivity index (χ3v) is 6.63. The molecule has 0 bridgehead atoms. The van der Waals surface area contributed by atoms with Crippen molar-refractivity contribution in [1.82, 2.24) is 29.8 Å². The molecule has 1 aliphatic rings. The number of benzene rings is 2.